The molecule has 2 aromatic rings. The number of anilines is 1. The first-order valence-electron chi connectivity index (χ1n) is 7.90. The van der Waals surface area contributed by atoms with Crippen molar-refractivity contribution in [2.45, 2.75) is 25.7 Å². The van der Waals surface area contributed by atoms with Crippen LogP contribution >= 0.6 is 0 Å². The summed E-state index contributed by atoms with van der Waals surface area (Å²) < 4.78 is 14.4. The minimum absolute atomic E-state index is 0.137. The van der Waals surface area contributed by atoms with E-state index in [2.05, 4.69) is 4.90 Å². The Morgan fingerprint density at radius 2 is 1.55 bits per heavy atom. The van der Waals surface area contributed by atoms with Crippen molar-refractivity contribution in [1.29, 1.82) is 0 Å². The molecule has 1 fully saturated rings. The maximum atomic E-state index is 14.4. The number of halogens is 1. The average molecular weight is 297 g/mol. The first-order chi connectivity index (χ1) is 10.8. The molecule has 2 aromatic carbocycles. The van der Waals surface area contributed by atoms with Crippen LogP contribution in [-0.4, -0.2) is 18.9 Å². The van der Waals surface area contributed by atoms with Gasteiger partial charge in [0.25, 0.3) is 0 Å². The van der Waals surface area contributed by atoms with Gasteiger partial charge in [-0.3, -0.25) is 4.79 Å². The molecule has 0 unspecified atom stereocenters. The highest BCUT2D eigenvalue weighted by Gasteiger charge is 2.16. The second kappa shape index (κ2) is 6.73. The number of rotatable bonds is 3. The number of hydrogen-bond acceptors (Lipinski definition) is 2. The van der Waals surface area contributed by atoms with E-state index in [1.807, 2.05) is 18.2 Å². The third-order valence-electron chi connectivity index (χ3n) is 4.19. The SMILES string of the molecule is O=C(c1ccccc1)c1ccc(N2CCCCCC2)c(F)c1. The van der Waals surface area contributed by atoms with Crippen molar-refractivity contribution in [3.63, 3.8) is 0 Å². The van der Waals surface area contributed by atoms with Crippen molar-refractivity contribution in [2.24, 2.45) is 0 Å². The molecule has 1 aliphatic heterocycles. The number of carbonyl (C=O) groups excluding carboxylic acids is 1. The zero-order chi connectivity index (χ0) is 15.4. The summed E-state index contributed by atoms with van der Waals surface area (Å²) in [6, 6.07) is 13.8. The van der Waals surface area contributed by atoms with Crippen LogP contribution in [0.25, 0.3) is 0 Å². The molecule has 0 saturated carbocycles. The molecular formula is C19H20FNO. The van der Waals surface area contributed by atoms with Crippen LogP contribution in [0.15, 0.2) is 48.5 Å². The van der Waals surface area contributed by atoms with Crippen LogP contribution < -0.4 is 4.90 Å². The topological polar surface area (TPSA) is 20.3 Å². The average Bonchev–Trinajstić information content (AvgIpc) is 2.84. The van der Waals surface area contributed by atoms with Crippen molar-refractivity contribution >= 4 is 11.5 Å². The van der Waals surface area contributed by atoms with E-state index in [9.17, 15) is 9.18 Å². The fraction of sp³-hybridized carbons (Fsp3) is 0.316. The predicted octanol–water partition coefficient (Wildman–Crippen LogP) is 4.44. The maximum Gasteiger partial charge on any atom is 0.193 e. The minimum atomic E-state index is -0.302. The van der Waals surface area contributed by atoms with Crippen LogP contribution in [0.3, 0.4) is 0 Å². The number of carbonyl (C=O) groups is 1. The van der Waals surface area contributed by atoms with Crippen LogP contribution in [0.2, 0.25) is 0 Å². The smallest absolute Gasteiger partial charge is 0.193 e. The van der Waals surface area contributed by atoms with E-state index >= 15 is 0 Å². The fourth-order valence-electron chi connectivity index (χ4n) is 2.97. The maximum absolute atomic E-state index is 14.4. The standard InChI is InChI=1S/C19H20FNO/c20-17-14-16(19(22)15-8-4-3-5-9-15)10-11-18(17)21-12-6-1-2-7-13-21/h3-5,8-11,14H,1-2,6-7,12-13H2. The molecule has 114 valence electrons. The molecule has 3 rings (SSSR count). The van der Waals surface area contributed by atoms with Gasteiger partial charge in [0.05, 0.1) is 5.69 Å². The highest BCUT2D eigenvalue weighted by molar-refractivity contribution is 6.09. The number of hydrogen-bond donors (Lipinski definition) is 0. The fourth-order valence-corrected chi connectivity index (χ4v) is 2.97. The molecule has 0 N–H and O–H groups in total. The van der Waals surface area contributed by atoms with Gasteiger partial charge in [-0.05, 0) is 31.0 Å². The molecule has 0 bridgehead atoms. The highest BCUT2D eigenvalue weighted by Crippen LogP contribution is 2.24. The Bertz CT molecular complexity index is 646. The first-order valence-corrected chi connectivity index (χ1v) is 7.90. The van der Waals surface area contributed by atoms with Crippen molar-refractivity contribution in [1.82, 2.24) is 0 Å². The first kappa shape index (κ1) is 14.8. The Balaban J connectivity index is 1.84. The Hall–Kier alpha value is -2.16. The van der Waals surface area contributed by atoms with Gasteiger partial charge in [-0.15, -0.1) is 0 Å². The number of ketones is 1. The van der Waals surface area contributed by atoms with Gasteiger partial charge < -0.3 is 4.90 Å². The second-order valence-electron chi connectivity index (χ2n) is 5.76. The zero-order valence-electron chi connectivity index (χ0n) is 12.6. The third kappa shape index (κ3) is 3.19. The molecule has 0 amide bonds. The second-order valence-corrected chi connectivity index (χ2v) is 5.76. The summed E-state index contributed by atoms with van der Waals surface area (Å²) in [4.78, 5) is 14.5. The van der Waals surface area contributed by atoms with Gasteiger partial charge in [-0.25, -0.2) is 4.39 Å². The van der Waals surface area contributed by atoms with Gasteiger partial charge in [0.2, 0.25) is 0 Å². The lowest BCUT2D eigenvalue weighted by Gasteiger charge is -2.23. The normalized spacial score (nSPS) is 15.4. The van der Waals surface area contributed by atoms with Crippen molar-refractivity contribution < 1.29 is 9.18 Å². The summed E-state index contributed by atoms with van der Waals surface area (Å²) in [6.07, 6.45) is 4.62. The largest absolute Gasteiger partial charge is 0.369 e. The molecule has 3 heteroatoms. The van der Waals surface area contributed by atoms with Gasteiger partial charge in [0, 0.05) is 24.2 Å². The molecule has 1 saturated heterocycles. The van der Waals surface area contributed by atoms with Crippen LogP contribution in [0.4, 0.5) is 10.1 Å². The molecule has 0 spiro atoms. The summed E-state index contributed by atoms with van der Waals surface area (Å²) in [6.45, 7) is 1.78. The van der Waals surface area contributed by atoms with Gasteiger partial charge >= 0.3 is 0 Å². The molecule has 0 atom stereocenters. The highest BCUT2D eigenvalue weighted by atomic mass is 19.1. The van der Waals surface area contributed by atoms with E-state index in [4.69, 9.17) is 0 Å². The lowest BCUT2D eigenvalue weighted by molar-refractivity contribution is 0.103. The third-order valence-corrected chi connectivity index (χ3v) is 4.19. The van der Waals surface area contributed by atoms with Gasteiger partial charge in [0.15, 0.2) is 5.78 Å². The molecule has 0 aromatic heterocycles. The monoisotopic (exact) mass is 297 g/mol. The molecule has 22 heavy (non-hydrogen) atoms. The van der Waals surface area contributed by atoms with E-state index in [0.29, 0.717) is 16.8 Å². The Morgan fingerprint density at radius 3 is 2.18 bits per heavy atom. The zero-order valence-corrected chi connectivity index (χ0v) is 12.6. The number of nitrogens with zero attached hydrogens (tertiary/aromatic N) is 1. The molecule has 1 heterocycles. The Kier molecular flexibility index (Phi) is 4.52. The number of benzene rings is 2. The van der Waals surface area contributed by atoms with Crippen LogP contribution in [0.5, 0.6) is 0 Å². The van der Waals surface area contributed by atoms with Crippen LogP contribution in [0.1, 0.15) is 41.6 Å². The van der Waals surface area contributed by atoms with Crippen molar-refractivity contribution in [3.8, 4) is 0 Å². The summed E-state index contributed by atoms with van der Waals surface area (Å²) in [7, 11) is 0. The minimum Gasteiger partial charge on any atom is -0.369 e. The summed E-state index contributed by atoms with van der Waals surface area (Å²) >= 11 is 0. The Labute approximate surface area is 130 Å². The summed E-state index contributed by atoms with van der Waals surface area (Å²) in [5, 5.41) is 0. The van der Waals surface area contributed by atoms with E-state index in [0.717, 1.165) is 25.9 Å². The van der Waals surface area contributed by atoms with Gasteiger partial charge in [-0.2, -0.15) is 0 Å². The van der Waals surface area contributed by atoms with Gasteiger partial charge in [0.1, 0.15) is 5.82 Å². The van der Waals surface area contributed by atoms with Gasteiger partial charge in [-0.1, -0.05) is 43.2 Å². The van der Waals surface area contributed by atoms with Crippen LogP contribution in [-0.2, 0) is 0 Å². The molecule has 2 nitrogen and oxygen atoms in total. The lowest BCUT2D eigenvalue weighted by atomic mass is 10.0. The lowest BCUT2D eigenvalue weighted by Crippen LogP contribution is -2.25. The molecular weight excluding hydrogens is 277 g/mol. The van der Waals surface area contributed by atoms with E-state index in [1.54, 1.807) is 24.3 Å². The van der Waals surface area contributed by atoms with E-state index in [-0.39, 0.29) is 11.6 Å². The molecule has 0 aliphatic carbocycles. The summed E-state index contributed by atoms with van der Waals surface area (Å²) in [5.74, 6) is -0.439. The van der Waals surface area contributed by atoms with Crippen molar-refractivity contribution in [3.05, 3.63) is 65.5 Å². The quantitative estimate of drug-likeness (QED) is 0.781. The van der Waals surface area contributed by atoms with E-state index in [1.165, 1.54) is 18.9 Å². The summed E-state index contributed by atoms with van der Waals surface area (Å²) in [5.41, 5.74) is 1.61. The predicted molar refractivity (Wildman–Crippen MR) is 87.0 cm³/mol. The molecule has 1 aliphatic rings. The van der Waals surface area contributed by atoms with Crippen molar-refractivity contribution in [2.75, 3.05) is 18.0 Å². The van der Waals surface area contributed by atoms with E-state index < -0.39 is 0 Å². The van der Waals surface area contributed by atoms with Crippen LogP contribution in [0, 0.1) is 5.82 Å². The molecule has 0 radical (unpaired) electrons. The Morgan fingerprint density at radius 1 is 0.864 bits per heavy atom.